The number of ether oxygens (including phenoxy) is 4. The van der Waals surface area contributed by atoms with Crippen LogP contribution < -0.4 is 0 Å². The van der Waals surface area contributed by atoms with E-state index in [-0.39, 0.29) is 81.0 Å². The van der Waals surface area contributed by atoms with E-state index < -0.39 is 0 Å². The Hall–Kier alpha value is -3.72. The first-order valence-corrected chi connectivity index (χ1v) is 22.1. The Balaban J connectivity index is 1.54. The van der Waals surface area contributed by atoms with Gasteiger partial charge in [0.15, 0.2) is 0 Å². The van der Waals surface area contributed by atoms with Gasteiger partial charge in [-0.15, -0.1) is 0 Å². The molecule has 0 amide bonds. The van der Waals surface area contributed by atoms with Crippen molar-refractivity contribution in [3.05, 3.63) is 69.9 Å². The summed E-state index contributed by atoms with van der Waals surface area (Å²) in [6.45, 7) is 17.9. The molecular formula is C49H77NO8. The lowest BCUT2D eigenvalue weighted by molar-refractivity contribution is -0.156. The Morgan fingerprint density at radius 1 is 0.586 bits per heavy atom. The van der Waals surface area contributed by atoms with Crippen LogP contribution in [0, 0.1) is 11.8 Å². The average molecular weight is 808 g/mol. The van der Waals surface area contributed by atoms with Gasteiger partial charge in [-0.1, -0.05) is 69.9 Å². The standard InChI is InChI=1S/C49H77NO8/c1-37(2)13-9-15-40(7)17-11-19-42-21-25-44(26-22-42)48(53)57-35-33-55-46(51)29-31-50(39(5)6)32-30-47(52)56-34-36-58-49(54)45-27-23-43(24-28-45)20-12-18-41(8)16-10-14-38(3)4/h13-14,17-18,21,23,39,44-45H,9-12,15-16,19-20,22,24-36H2,1-8H3/b40-17+,41-18+. The summed E-state index contributed by atoms with van der Waals surface area (Å²) in [7, 11) is 0. The predicted octanol–water partition coefficient (Wildman–Crippen LogP) is 11.0. The summed E-state index contributed by atoms with van der Waals surface area (Å²) >= 11 is 0. The molecule has 0 aromatic rings. The molecule has 2 unspecified atom stereocenters. The minimum absolute atomic E-state index is 0.0177. The second-order valence-electron chi connectivity index (χ2n) is 16.9. The zero-order valence-corrected chi connectivity index (χ0v) is 37.5. The van der Waals surface area contributed by atoms with E-state index in [1.54, 1.807) is 0 Å². The number of rotatable bonds is 27. The second kappa shape index (κ2) is 29.5. The van der Waals surface area contributed by atoms with Gasteiger partial charge in [0, 0.05) is 19.1 Å². The van der Waals surface area contributed by atoms with Crippen LogP contribution >= 0.6 is 0 Å². The van der Waals surface area contributed by atoms with Crippen molar-refractivity contribution < 1.29 is 38.1 Å². The molecule has 2 rings (SSSR count). The Kier molecular flexibility index (Phi) is 25.6. The highest BCUT2D eigenvalue weighted by molar-refractivity contribution is 5.73. The van der Waals surface area contributed by atoms with Crippen LogP contribution in [0.25, 0.3) is 0 Å². The van der Waals surface area contributed by atoms with Crippen molar-refractivity contribution in [2.45, 2.75) is 164 Å². The third-order valence-electron chi connectivity index (χ3n) is 10.9. The summed E-state index contributed by atoms with van der Waals surface area (Å²) < 4.78 is 21.5. The molecule has 0 bridgehead atoms. The summed E-state index contributed by atoms with van der Waals surface area (Å²) in [6, 6.07) is 0.106. The minimum atomic E-state index is -0.379. The van der Waals surface area contributed by atoms with Gasteiger partial charge in [-0.2, -0.15) is 0 Å². The molecule has 0 saturated carbocycles. The fourth-order valence-corrected chi connectivity index (χ4v) is 7.12. The van der Waals surface area contributed by atoms with Gasteiger partial charge in [0.25, 0.3) is 0 Å². The van der Waals surface area contributed by atoms with Gasteiger partial charge in [0.1, 0.15) is 26.4 Å². The van der Waals surface area contributed by atoms with Gasteiger partial charge >= 0.3 is 23.9 Å². The van der Waals surface area contributed by atoms with Crippen LogP contribution in [-0.2, 0) is 38.1 Å². The summed E-state index contributed by atoms with van der Waals surface area (Å²) in [5.74, 6) is -1.52. The van der Waals surface area contributed by atoms with Gasteiger partial charge in [-0.05, 0) is 145 Å². The van der Waals surface area contributed by atoms with Crippen LogP contribution in [0.4, 0.5) is 0 Å². The maximum Gasteiger partial charge on any atom is 0.309 e. The highest BCUT2D eigenvalue weighted by Gasteiger charge is 2.24. The summed E-state index contributed by atoms with van der Waals surface area (Å²) in [5.41, 5.74) is 8.40. The van der Waals surface area contributed by atoms with Crippen LogP contribution in [0.1, 0.15) is 158 Å². The largest absolute Gasteiger partial charge is 0.462 e. The fraction of sp³-hybridized carbons (Fsp3) is 0.673. The van der Waals surface area contributed by atoms with E-state index in [9.17, 15) is 19.2 Å². The maximum atomic E-state index is 12.6. The highest BCUT2D eigenvalue weighted by Crippen LogP contribution is 2.29. The molecule has 0 spiro atoms. The van der Waals surface area contributed by atoms with Crippen molar-refractivity contribution in [1.82, 2.24) is 4.90 Å². The third kappa shape index (κ3) is 23.6. The third-order valence-corrected chi connectivity index (χ3v) is 10.9. The van der Waals surface area contributed by atoms with Crippen LogP contribution in [0.5, 0.6) is 0 Å². The molecule has 2 aliphatic carbocycles. The number of carbonyl (C=O) groups excluding carboxylic acids is 4. The first-order chi connectivity index (χ1) is 27.7. The maximum absolute atomic E-state index is 12.6. The van der Waals surface area contributed by atoms with E-state index in [4.69, 9.17) is 18.9 Å². The van der Waals surface area contributed by atoms with Crippen molar-refractivity contribution in [2.75, 3.05) is 39.5 Å². The normalized spacial score (nSPS) is 17.3. The van der Waals surface area contributed by atoms with Crippen LogP contribution in [0.3, 0.4) is 0 Å². The van der Waals surface area contributed by atoms with E-state index in [1.165, 1.54) is 33.4 Å². The first kappa shape index (κ1) is 50.4. The van der Waals surface area contributed by atoms with Gasteiger partial charge < -0.3 is 18.9 Å². The van der Waals surface area contributed by atoms with E-state index in [2.05, 4.69) is 78.0 Å². The molecule has 2 atom stereocenters. The van der Waals surface area contributed by atoms with E-state index in [1.807, 2.05) is 18.7 Å². The zero-order valence-electron chi connectivity index (χ0n) is 37.5. The molecule has 0 saturated heterocycles. The molecule has 0 N–H and O–H groups in total. The quantitative estimate of drug-likeness (QED) is 0.0347. The Labute approximate surface area is 351 Å². The lowest BCUT2D eigenvalue weighted by atomic mass is 9.87. The topological polar surface area (TPSA) is 108 Å². The van der Waals surface area contributed by atoms with Crippen LogP contribution in [0.2, 0.25) is 0 Å². The van der Waals surface area contributed by atoms with E-state index >= 15 is 0 Å². The Morgan fingerprint density at radius 2 is 0.983 bits per heavy atom. The lowest BCUT2D eigenvalue weighted by Crippen LogP contribution is -2.35. The number of carbonyl (C=O) groups is 4. The number of hydrogen-bond donors (Lipinski definition) is 0. The number of esters is 4. The van der Waals surface area contributed by atoms with Crippen molar-refractivity contribution in [3.63, 3.8) is 0 Å². The van der Waals surface area contributed by atoms with E-state index in [0.717, 1.165) is 77.0 Å². The van der Waals surface area contributed by atoms with Gasteiger partial charge in [-0.25, -0.2) is 0 Å². The first-order valence-electron chi connectivity index (χ1n) is 22.1. The van der Waals surface area contributed by atoms with Crippen LogP contribution in [-0.4, -0.2) is 74.3 Å². The highest BCUT2D eigenvalue weighted by atomic mass is 16.6. The minimum Gasteiger partial charge on any atom is -0.462 e. The molecule has 0 aromatic heterocycles. The van der Waals surface area contributed by atoms with E-state index in [0.29, 0.717) is 25.9 Å². The SMILES string of the molecule is CC(C)=CCC/C(C)=C/CCC1=CCC(C(=O)OCCOC(=O)CCN(CCC(=O)OCCOC(=O)C2CC=C(CC/C=C(\C)CCC=C(C)C)CC2)C(C)C)CC1. The number of allylic oxidation sites excluding steroid dienone is 12. The Bertz CT molecular complexity index is 1360. The number of hydrogen-bond acceptors (Lipinski definition) is 9. The molecule has 0 heterocycles. The number of nitrogens with zero attached hydrogens (tertiary/aromatic N) is 1. The molecular weight excluding hydrogens is 731 g/mol. The molecule has 58 heavy (non-hydrogen) atoms. The molecule has 326 valence electrons. The Morgan fingerprint density at radius 3 is 1.33 bits per heavy atom. The molecule has 0 aromatic carbocycles. The van der Waals surface area contributed by atoms with Crippen molar-refractivity contribution in [3.8, 4) is 0 Å². The zero-order chi connectivity index (χ0) is 42.7. The molecule has 9 nitrogen and oxygen atoms in total. The smallest absolute Gasteiger partial charge is 0.309 e. The molecule has 0 radical (unpaired) electrons. The predicted molar refractivity (Wildman–Crippen MR) is 234 cm³/mol. The van der Waals surface area contributed by atoms with Gasteiger partial charge in [0.2, 0.25) is 0 Å². The fourth-order valence-electron chi connectivity index (χ4n) is 7.12. The molecule has 0 aliphatic heterocycles. The average Bonchev–Trinajstić information content (AvgIpc) is 3.18. The monoisotopic (exact) mass is 808 g/mol. The van der Waals surface area contributed by atoms with Crippen molar-refractivity contribution in [2.24, 2.45) is 11.8 Å². The van der Waals surface area contributed by atoms with Gasteiger partial charge in [-0.3, -0.25) is 24.1 Å². The molecule has 9 heteroatoms. The van der Waals surface area contributed by atoms with Crippen molar-refractivity contribution in [1.29, 1.82) is 0 Å². The van der Waals surface area contributed by atoms with Crippen molar-refractivity contribution >= 4 is 23.9 Å². The second-order valence-corrected chi connectivity index (χ2v) is 16.9. The summed E-state index contributed by atoms with van der Waals surface area (Å²) in [4.78, 5) is 52.1. The molecule has 0 fully saturated rings. The lowest BCUT2D eigenvalue weighted by Gasteiger charge is -2.25. The summed E-state index contributed by atoms with van der Waals surface area (Å²) in [6.07, 6.45) is 27.2. The van der Waals surface area contributed by atoms with Gasteiger partial charge in [0.05, 0.1) is 24.7 Å². The van der Waals surface area contributed by atoms with Crippen LogP contribution in [0.15, 0.2) is 69.9 Å². The molecule has 2 aliphatic rings. The summed E-state index contributed by atoms with van der Waals surface area (Å²) in [5, 5.41) is 0.